The van der Waals surface area contributed by atoms with Crippen LogP contribution in [0.2, 0.25) is 0 Å². The van der Waals surface area contributed by atoms with E-state index in [1.54, 1.807) is 24.3 Å². The molecule has 0 bridgehead atoms. The van der Waals surface area contributed by atoms with Crippen LogP contribution in [0.25, 0.3) is 0 Å². The van der Waals surface area contributed by atoms with Crippen molar-refractivity contribution in [1.29, 1.82) is 0 Å². The van der Waals surface area contributed by atoms with E-state index in [0.717, 1.165) is 0 Å². The molecule has 0 aromatic heterocycles. The molecule has 2 aromatic rings. The molecule has 1 aliphatic carbocycles. The van der Waals surface area contributed by atoms with Gasteiger partial charge in [0.1, 0.15) is 5.82 Å². The van der Waals surface area contributed by atoms with E-state index in [4.69, 9.17) is 5.73 Å². The molecule has 3 N–H and O–H groups in total. The maximum absolute atomic E-state index is 13.5. The molecule has 1 saturated carbocycles. The van der Waals surface area contributed by atoms with Gasteiger partial charge in [0.15, 0.2) is 0 Å². The van der Waals surface area contributed by atoms with Crippen molar-refractivity contribution < 1.29 is 18.0 Å². The summed E-state index contributed by atoms with van der Waals surface area (Å²) >= 11 is 0. The fourth-order valence-electron chi connectivity index (χ4n) is 2.91. The van der Waals surface area contributed by atoms with Crippen LogP contribution in [0, 0.1) is 5.82 Å². The van der Waals surface area contributed by atoms with Crippen molar-refractivity contribution in [3.63, 3.8) is 0 Å². The van der Waals surface area contributed by atoms with Crippen molar-refractivity contribution in [2.24, 2.45) is 0 Å². The average molecular weight is 320 g/mol. The number of benzene rings is 2. The van der Waals surface area contributed by atoms with Gasteiger partial charge >= 0.3 is 0 Å². The Morgan fingerprint density at radius 1 is 1.00 bits per heavy atom. The molecule has 1 aliphatic rings. The molecule has 3 rings (SSSR count). The molecule has 3 nitrogen and oxygen atoms in total. The zero-order chi connectivity index (χ0) is 16.7. The number of rotatable bonds is 3. The molecule has 6 heteroatoms. The number of hydrogen-bond donors (Lipinski definition) is 2. The van der Waals surface area contributed by atoms with Crippen LogP contribution in [-0.2, 0) is 10.2 Å². The Kier molecular flexibility index (Phi) is 3.55. The van der Waals surface area contributed by atoms with Crippen molar-refractivity contribution in [3.8, 4) is 0 Å². The molecule has 0 saturated heterocycles. The molecule has 0 radical (unpaired) electrons. The average Bonchev–Trinajstić information content (AvgIpc) is 2.47. The Balaban J connectivity index is 1.88. The lowest BCUT2D eigenvalue weighted by Gasteiger charge is -2.46. The topological polar surface area (TPSA) is 55.1 Å². The van der Waals surface area contributed by atoms with Crippen molar-refractivity contribution in [2.75, 3.05) is 11.1 Å². The van der Waals surface area contributed by atoms with E-state index in [1.807, 2.05) is 0 Å². The third-order valence-corrected chi connectivity index (χ3v) is 4.12. The first-order valence-corrected chi connectivity index (χ1v) is 7.12. The van der Waals surface area contributed by atoms with Crippen molar-refractivity contribution >= 4 is 17.3 Å². The summed E-state index contributed by atoms with van der Waals surface area (Å²) in [6, 6.07) is 11.5. The number of carbonyl (C=O) groups excluding carboxylic acids is 1. The van der Waals surface area contributed by atoms with Crippen LogP contribution in [-0.4, -0.2) is 11.8 Å². The Morgan fingerprint density at radius 2 is 1.57 bits per heavy atom. The van der Waals surface area contributed by atoms with Gasteiger partial charge in [-0.3, -0.25) is 4.79 Å². The maximum atomic E-state index is 13.5. The fourth-order valence-corrected chi connectivity index (χ4v) is 2.91. The number of halogens is 3. The standard InChI is InChI=1S/C17H15F3N2O/c18-12-3-7-14(8-4-12)22-15(23)16(9-17(19,20)10-16)11-1-5-13(21)6-2-11/h1-8H,9-10,21H2,(H,22,23). The van der Waals surface area contributed by atoms with Crippen LogP contribution in [0.5, 0.6) is 0 Å². The fraction of sp³-hybridized carbons (Fsp3) is 0.235. The van der Waals surface area contributed by atoms with Crippen LogP contribution in [0.4, 0.5) is 24.5 Å². The molecule has 0 heterocycles. The van der Waals surface area contributed by atoms with E-state index < -0.39 is 35.9 Å². The Morgan fingerprint density at radius 3 is 2.09 bits per heavy atom. The minimum absolute atomic E-state index is 0.362. The first kappa shape index (κ1) is 15.4. The first-order chi connectivity index (χ1) is 10.8. The predicted molar refractivity (Wildman–Crippen MR) is 81.7 cm³/mol. The number of alkyl halides is 2. The molecule has 23 heavy (non-hydrogen) atoms. The van der Waals surface area contributed by atoms with Gasteiger partial charge in [-0.25, -0.2) is 13.2 Å². The quantitative estimate of drug-likeness (QED) is 0.847. The summed E-state index contributed by atoms with van der Waals surface area (Å²) in [5.41, 5.74) is 5.67. The van der Waals surface area contributed by atoms with Gasteiger partial charge in [0.2, 0.25) is 5.91 Å². The SMILES string of the molecule is Nc1ccc(C2(C(=O)Nc3ccc(F)cc3)CC(F)(F)C2)cc1. The number of nitrogens with two attached hydrogens (primary N) is 1. The maximum Gasteiger partial charge on any atom is 0.250 e. The largest absolute Gasteiger partial charge is 0.399 e. The number of carbonyl (C=O) groups is 1. The van der Waals surface area contributed by atoms with E-state index >= 15 is 0 Å². The van der Waals surface area contributed by atoms with Crippen LogP contribution in [0.1, 0.15) is 18.4 Å². The highest BCUT2D eigenvalue weighted by Gasteiger charge is 2.61. The Bertz CT molecular complexity index is 719. The number of nitrogens with one attached hydrogen (secondary N) is 1. The summed E-state index contributed by atoms with van der Waals surface area (Å²) in [7, 11) is 0. The smallest absolute Gasteiger partial charge is 0.250 e. The lowest BCUT2D eigenvalue weighted by molar-refractivity contribution is -0.154. The van der Waals surface area contributed by atoms with E-state index in [0.29, 0.717) is 16.9 Å². The Hall–Kier alpha value is -2.50. The van der Waals surface area contributed by atoms with Gasteiger partial charge in [0, 0.05) is 24.2 Å². The van der Waals surface area contributed by atoms with E-state index in [-0.39, 0.29) is 0 Å². The molecule has 1 amide bonds. The van der Waals surface area contributed by atoms with Gasteiger partial charge in [-0.1, -0.05) is 12.1 Å². The van der Waals surface area contributed by atoms with E-state index in [1.165, 1.54) is 24.3 Å². The molecule has 0 atom stereocenters. The molecule has 2 aromatic carbocycles. The van der Waals surface area contributed by atoms with Crippen molar-refractivity contribution in [2.45, 2.75) is 24.2 Å². The number of hydrogen-bond acceptors (Lipinski definition) is 2. The number of anilines is 2. The van der Waals surface area contributed by atoms with Crippen LogP contribution < -0.4 is 11.1 Å². The molecule has 120 valence electrons. The molecule has 1 fully saturated rings. The van der Waals surface area contributed by atoms with Crippen molar-refractivity contribution in [3.05, 3.63) is 59.9 Å². The predicted octanol–water partition coefficient (Wildman–Crippen LogP) is 3.71. The van der Waals surface area contributed by atoms with Gasteiger partial charge in [-0.05, 0) is 42.0 Å². The third kappa shape index (κ3) is 2.88. The summed E-state index contributed by atoms with van der Waals surface area (Å²) in [5, 5.41) is 2.59. The summed E-state index contributed by atoms with van der Waals surface area (Å²) in [4.78, 5) is 12.6. The molecular weight excluding hydrogens is 305 g/mol. The molecule has 0 spiro atoms. The highest BCUT2D eigenvalue weighted by Crippen LogP contribution is 2.54. The number of amides is 1. The summed E-state index contributed by atoms with van der Waals surface area (Å²) in [5.74, 6) is -3.84. The summed E-state index contributed by atoms with van der Waals surface area (Å²) < 4.78 is 39.9. The summed E-state index contributed by atoms with van der Waals surface area (Å²) in [6.45, 7) is 0. The lowest BCUT2D eigenvalue weighted by Crippen LogP contribution is -2.56. The van der Waals surface area contributed by atoms with Gasteiger partial charge in [-0.2, -0.15) is 0 Å². The van der Waals surface area contributed by atoms with Crippen molar-refractivity contribution in [1.82, 2.24) is 0 Å². The lowest BCUT2D eigenvalue weighted by atomic mass is 9.61. The molecule has 0 unspecified atom stereocenters. The zero-order valence-corrected chi connectivity index (χ0v) is 12.2. The Labute approximate surface area is 131 Å². The van der Waals surface area contributed by atoms with E-state index in [9.17, 15) is 18.0 Å². The molecule has 0 aliphatic heterocycles. The van der Waals surface area contributed by atoms with Crippen LogP contribution in [0.15, 0.2) is 48.5 Å². The normalized spacial score (nSPS) is 18.0. The highest BCUT2D eigenvalue weighted by molar-refractivity contribution is 6.00. The van der Waals surface area contributed by atoms with E-state index in [2.05, 4.69) is 5.32 Å². The third-order valence-electron chi connectivity index (χ3n) is 4.12. The second kappa shape index (κ2) is 5.30. The zero-order valence-electron chi connectivity index (χ0n) is 12.2. The summed E-state index contributed by atoms with van der Waals surface area (Å²) in [6.07, 6.45) is -1.12. The van der Waals surface area contributed by atoms with Gasteiger partial charge in [-0.15, -0.1) is 0 Å². The first-order valence-electron chi connectivity index (χ1n) is 7.12. The highest BCUT2D eigenvalue weighted by atomic mass is 19.3. The monoisotopic (exact) mass is 320 g/mol. The molecular formula is C17H15F3N2O. The number of nitrogen functional groups attached to an aromatic ring is 1. The minimum atomic E-state index is -2.87. The van der Waals surface area contributed by atoms with Gasteiger partial charge in [0.05, 0.1) is 5.41 Å². The second-order valence-electron chi connectivity index (χ2n) is 5.87. The van der Waals surface area contributed by atoms with Crippen LogP contribution in [0.3, 0.4) is 0 Å². The van der Waals surface area contributed by atoms with Gasteiger partial charge in [0.25, 0.3) is 5.92 Å². The van der Waals surface area contributed by atoms with Gasteiger partial charge < -0.3 is 11.1 Å². The van der Waals surface area contributed by atoms with Crippen LogP contribution >= 0.6 is 0 Å². The second-order valence-corrected chi connectivity index (χ2v) is 5.87. The minimum Gasteiger partial charge on any atom is -0.399 e.